The number of benzene rings is 1. The molecule has 8 heteroatoms. The van der Waals surface area contributed by atoms with Crippen LogP contribution in [0.3, 0.4) is 0 Å². The number of H-pyrrole nitrogens is 1. The normalized spacial score (nSPS) is 14.9. The maximum atomic E-state index is 13.6. The second-order valence-corrected chi connectivity index (χ2v) is 10.6. The Hall–Kier alpha value is -4.07. The fourth-order valence-electron chi connectivity index (χ4n) is 5.99. The molecule has 3 aromatic heterocycles. The van der Waals surface area contributed by atoms with Crippen LogP contribution in [-0.4, -0.2) is 40.6 Å². The molecule has 0 spiro atoms. The lowest BCUT2D eigenvalue weighted by Gasteiger charge is -2.37. The predicted molar refractivity (Wildman–Crippen MR) is 155 cm³/mol. The highest BCUT2D eigenvalue weighted by Gasteiger charge is 2.29. The number of rotatable bonds is 7. The van der Waals surface area contributed by atoms with E-state index >= 15 is 0 Å². The van der Waals surface area contributed by atoms with Crippen molar-refractivity contribution in [3.8, 4) is 5.75 Å². The third kappa shape index (κ3) is 5.15. The zero-order chi connectivity index (χ0) is 27.7. The van der Waals surface area contributed by atoms with Crippen LogP contribution in [-0.2, 0) is 6.54 Å². The highest BCUT2D eigenvalue weighted by Crippen LogP contribution is 2.36. The van der Waals surface area contributed by atoms with E-state index < -0.39 is 0 Å². The SMILES string of the molecule is COc1cc(C)[nH]c(=O)c1CNC(=O)c1c(C)n(C(C)C2CCN(c3ccc(C)nc3)CC2)c2ccccc12. The summed E-state index contributed by atoms with van der Waals surface area (Å²) in [5.74, 6) is 0.760. The Kier molecular flexibility index (Phi) is 7.46. The number of anilines is 1. The number of aryl methyl sites for hydroxylation is 2. The highest BCUT2D eigenvalue weighted by molar-refractivity contribution is 6.08. The quantitative estimate of drug-likeness (QED) is 0.350. The summed E-state index contributed by atoms with van der Waals surface area (Å²) in [7, 11) is 1.53. The van der Waals surface area contributed by atoms with E-state index in [1.165, 1.54) is 12.8 Å². The van der Waals surface area contributed by atoms with Crippen LogP contribution in [0.2, 0.25) is 0 Å². The van der Waals surface area contributed by atoms with Crippen molar-refractivity contribution in [3.05, 3.63) is 87.2 Å². The van der Waals surface area contributed by atoms with Gasteiger partial charge in [0.2, 0.25) is 0 Å². The number of methoxy groups -OCH3 is 1. The van der Waals surface area contributed by atoms with Crippen LogP contribution in [0.15, 0.2) is 53.5 Å². The fraction of sp³-hybridized carbons (Fsp3) is 0.387. The Morgan fingerprint density at radius 3 is 2.59 bits per heavy atom. The number of piperidine rings is 1. The van der Waals surface area contributed by atoms with Crippen molar-refractivity contribution in [1.82, 2.24) is 19.9 Å². The van der Waals surface area contributed by atoms with E-state index in [0.717, 1.165) is 48.2 Å². The molecule has 1 aromatic carbocycles. The molecule has 4 heterocycles. The maximum absolute atomic E-state index is 13.6. The summed E-state index contributed by atoms with van der Waals surface area (Å²) in [5.41, 5.74) is 5.72. The average molecular weight is 528 g/mol. The number of amides is 1. The Balaban J connectivity index is 1.37. The predicted octanol–water partition coefficient (Wildman–Crippen LogP) is 5.07. The van der Waals surface area contributed by atoms with Crippen LogP contribution in [0.4, 0.5) is 5.69 Å². The standard InChI is InChI=1S/C31H37N5O3/c1-19-10-11-24(17-32-19)35-14-12-23(13-15-35)21(3)36-22(4)29(25-8-6-7-9-27(25)36)31(38)33-18-26-28(39-5)16-20(2)34-30(26)37/h6-11,16-17,21,23H,12-15,18H2,1-5H3,(H,33,38)(H,34,37). The van der Waals surface area contributed by atoms with Gasteiger partial charge in [0.15, 0.2) is 0 Å². The smallest absolute Gasteiger partial charge is 0.256 e. The number of carbonyl (C=O) groups excluding carboxylic acids is 1. The van der Waals surface area contributed by atoms with Crippen molar-refractivity contribution in [3.63, 3.8) is 0 Å². The minimum absolute atomic E-state index is 0.0818. The zero-order valence-corrected chi connectivity index (χ0v) is 23.4. The third-order valence-corrected chi connectivity index (χ3v) is 8.15. The van der Waals surface area contributed by atoms with Crippen molar-refractivity contribution >= 4 is 22.5 Å². The molecule has 1 aliphatic rings. The molecule has 204 valence electrons. The minimum atomic E-state index is -0.257. The van der Waals surface area contributed by atoms with Gasteiger partial charge in [-0.15, -0.1) is 0 Å². The Morgan fingerprint density at radius 1 is 1.15 bits per heavy atom. The first kappa shape index (κ1) is 26.5. The van der Waals surface area contributed by atoms with Crippen molar-refractivity contribution in [2.45, 2.75) is 53.1 Å². The van der Waals surface area contributed by atoms with Crippen molar-refractivity contribution in [2.75, 3.05) is 25.1 Å². The molecule has 0 saturated carbocycles. The number of carbonyl (C=O) groups is 1. The minimum Gasteiger partial charge on any atom is -0.496 e. The molecule has 1 saturated heterocycles. The number of para-hydroxylation sites is 1. The molecule has 1 unspecified atom stereocenters. The zero-order valence-electron chi connectivity index (χ0n) is 23.4. The van der Waals surface area contributed by atoms with Gasteiger partial charge in [-0.1, -0.05) is 18.2 Å². The van der Waals surface area contributed by atoms with Gasteiger partial charge in [0.25, 0.3) is 11.5 Å². The number of hydrogen-bond donors (Lipinski definition) is 2. The number of nitrogens with one attached hydrogen (secondary N) is 2. The molecule has 4 aromatic rings. The van der Waals surface area contributed by atoms with E-state index in [0.29, 0.717) is 28.5 Å². The Bertz CT molecular complexity index is 1550. The summed E-state index contributed by atoms with van der Waals surface area (Å²) < 4.78 is 7.73. The van der Waals surface area contributed by atoms with Crippen LogP contribution >= 0.6 is 0 Å². The first-order valence-electron chi connectivity index (χ1n) is 13.6. The molecule has 1 fully saturated rings. The van der Waals surface area contributed by atoms with Crippen LogP contribution in [0.1, 0.15) is 58.8 Å². The van der Waals surface area contributed by atoms with Gasteiger partial charge in [-0.05, 0) is 70.7 Å². The first-order valence-corrected chi connectivity index (χ1v) is 13.6. The van der Waals surface area contributed by atoms with Gasteiger partial charge >= 0.3 is 0 Å². The fourth-order valence-corrected chi connectivity index (χ4v) is 5.99. The Morgan fingerprint density at radius 2 is 1.90 bits per heavy atom. The summed E-state index contributed by atoms with van der Waals surface area (Å²) in [4.78, 5) is 35.8. The van der Waals surface area contributed by atoms with E-state index in [4.69, 9.17) is 4.74 Å². The second kappa shape index (κ2) is 11.0. The van der Waals surface area contributed by atoms with Gasteiger partial charge in [-0.3, -0.25) is 14.6 Å². The lowest BCUT2D eigenvalue weighted by Crippen LogP contribution is -2.36. The molecule has 1 atom stereocenters. The molecule has 1 amide bonds. The number of fused-ring (bicyclic) bond motifs is 1. The van der Waals surface area contributed by atoms with Gasteiger partial charge in [0.05, 0.1) is 36.7 Å². The van der Waals surface area contributed by atoms with Crippen LogP contribution < -0.4 is 20.5 Å². The highest BCUT2D eigenvalue weighted by atomic mass is 16.5. The number of aromatic nitrogens is 3. The summed E-state index contributed by atoms with van der Waals surface area (Å²) >= 11 is 0. The molecule has 1 aliphatic heterocycles. The van der Waals surface area contributed by atoms with Crippen LogP contribution in [0.25, 0.3) is 10.9 Å². The molecule has 0 aliphatic carbocycles. The van der Waals surface area contributed by atoms with Gasteiger partial charge < -0.3 is 24.5 Å². The summed E-state index contributed by atoms with van der Waals surface area (Å²) in [6.45, 7) is 10.2. The van der Waals surface area contributed by atoms with E-state index in [1.54, 1.807) is 13.0 Å². The van der Waals surface area contributed by atoms with E-state index in [1.807, 2.05) is 38.2 Å². The molecule has 5 rings (SSSR count). The third-order valence-electron chi connectivity index (χ3n) is 8.15. The van der Waals surface area contributed by atoms with Crippen LogP contribution in [0.5, 0.6) is 5.75 Å². The van der Waals surface area contributed by atoms with Crippen molar-refractivity contribution < 1.29 is 9.53 Å². The molecule has 2 N–H and O–H groups in total. The molecular formula is C31H37N5O3. The maximum Gasteiger partial charge on any atom is 0.256 e. The van der Waals surface area contributed by atoms with Gasteiger partial charge in [-0.2, -0.15) is 0 Å². The summed E-state index contributed by atoms with van der Waals surface area (Å²) in [5, 5.41) is 3.90. The van der Waals surface area contributed by atoms with Crippen LogP contribution in [0, 0.1) is 26.7 Å². The first-order chi connectivity index (χ1) is 18.8. The molecule has 0 bridgehead atoms. The van der Waals surface area contributed by atoms with Gasteiger partial charge in [-0.25, -0.2) is 0 Å². The molecular weight excluding hydrogens is 490 g/mol. The van der Waals surface area contributed by atoms with E-state index in [-0.39, 0.29) is 24.1 Å². The number of aromatic amines is 1. The number of ether oxygens (including phenoxy) is 1. The molecule has 8 nitrogen and oxygen atoms in total. The summed E-state index contributed by atoms with van der Waals surface area (Å²) in [6, 6.07) is 14.3. The largest absolute Gasteiger partial charge is 0.496 e. The molecule has 0 radical (unpaired) electrons. The monoisotopic (exact) mass is 527 g/mol. The number of nitrogens with zero attached hydrogens (tertiary/aromatic N) is 3. The van der Waals surface area contributed by atoms with E-state index in [9.17, 15) is 9.59 Å². The summed E-state index contributed by atoms with van der Waals surface area (Å²) in [6.07, 6.45) is 4.10. The van der Waals surface area contributed by atoms with Gasteiger partial charge in [0.1, 0.15) is 5.75 Å². The van der Waals surface area contributed by atoms with Crippen molar-refractivity contribution in [1.29, 1.82) is 0 Å². The topological polar surface area (TPSA) is 92.2 Å². The lowest BCUT2D eigenvalue weighted by molar-refractivity contribution is 0.0951. The number of pyridine rings is 2. The number of hydrogen-bond acceptors (Lipinski definition) is 5. The molecule has 39 heavy (non-hydrogen) atoms. The van der Waals surface area contributed by atoms with Crippen molar-refractivity contribution in [2.24, 2.45) is 5.92 Å². The average Bonchev–Trinajstić information content (AvgIpc) is 3.23. The Labute approximate surface area is 229 Å². The van der Waals surface area contributed by atoms with E-state index in [2.05, 4.69) is 49.9 Å². The van der Waals surface area contributed by atoms with Gasteiger partial charge in [0, 0.05) is 47.1 Å². The second-order valence-electron chi connectivity index (χ2n) is 10.6. The lowest BCUT2D eigenvalue weighted by atomic mass is 9.89.